The van der Waals surface area contributed by atoms with Crippen LogP contribution in [0.5, 0.6) is 11.5 Å². The Morgan fingerprint density at radius 1 is 1.03 bits per heavy atom. The standard InChI is InChI=1S/C27H29N3O3/c1-19-11-12-24(32-19)22-17-23-21-9-6-10-25(31-2)26(21)33-27(30(23)28-22)13-15-29(16-14-27)18-20-7-4-3-5-8-20/h3-12,23H,13-18H2,1-2H3. The van der Waals surface area contributed by atoms with E-state index >= 15 is 0 Å². The number of fused-ring (bicyclic) bond motifs is 4. The van der Waals surface area contributed by atoms with E-state index in [-0.39, 0.29) is 6.04 Å². The molecule has 4 heterocycles. The smallest absolute Gasteiger partial charge is 0.200 e. The fourth-order valence-electron chi connectivity index (χ4n) is 5.40. The van der Waals surface area contributed by atoms with Gasteiger partial charge in [-0.25, -0.2) is 5.01 Å². The van der Waals surface area contributed by atoms with Gasteiger partial charge in [0.15, 0.2) is 11.5 Å². The van der Waals surface area contributed by atoms with E-state index in [2.05, 4.69) is 46.3 Å². The Kier molecular flexibility index (Phi) is 4.91. The minimum absolute atomic E-state index is 0.116. The number of piperidine rings is 1. The molecule has 6 rings (SSSR count). The molecule has 1 atom stereocenters. The number of nitrogens with zero attached hydrogens (tertiary/aromatic N) is 3. The van der Waals surface area contributed by atoms with Crippen LogP contribution >= 0.6 is 0 Å². The molecule has 6 nitrogen and oxygen atoms in total. The maximum Gasteiger partial charge on any atom is 0.200 e. The number of rotatable bonds is 4. The van der Waals surface area contributed by atoms with Crippen LogP contribution in [0.2, 0.25) is 0 Å². The van der Waals surface area contributed by atoms with Crippen molar-refractivity contribution in [1.82, 2.24) is 9.91 Å². The fourth-order valence-corrected chi connectivity index (χ4v) is 5.40. The number of furan rings is 1. The molecule has 1 spiro atoms. The molecule has 2 aromatic carbocycles. The number of hydrogen-bond donors (Lipinski definition) is 0. The monoisotopic (exact) mass is 443 g/mol. The lowest BCUT2D eigenvalue weighted by atomic mass is 9.91. The van der Waals surface area contributed by atoms with Crippen LogP contribution in [0.4, 0.5) is 0 Å². The predicted octanol–water partition coefficient (Wildman–Crippen LogP) is 5.13. The van der Waals surface area contributed by atoms with Crippen LogP contribution in [0.25, 0.3) is 0 Å². The third kappa shape index (κ3) is 3.49. The Labute approximate surface area is 194 Å². The lowest BCUT2D eigenvalue weighted by Crippen LogP contribution is -2.59. The van der Waals surface area contributed by atoms with Gasteiger partial charge >= 0.3 is 0 Å². The van der Waals surface area contributed by atoms with Crippen molar-refractivity contribution < 1.29 is 13.9 Å². The summed E-state index contributed by atoms with van der Waals surface area (Å²) in [7, 11) is 1.71. The van der Waals surface area contributed by atoms with Crippen LogP contribution in [0.15, 0.2) is 70.2 Å². The van der Waals surface area contributed by atoms with Gasteiger partial charge in [-0.1, -0.05) is 42.5 Å². The van der Waals surface area contributed by atoms with Gasteiger partial charge in [0.25, 0.3) is 0 Å². The molecule has 3 aliphatic heterocycles. The average Bonchev–Trinajstić information content (AvgIpc) is 3.48. The molecular weight excluding hydrogens is 414 g/mol. The van der Waals surface area contributed by atoms with Crippen LogP contribution in [0, 0.1) is 6.92 Å². The minimum Gasteiger partial charge on any atom is -0.493 e. The van der Waals surface area contributed by atoms with Gasteiger partial charge in [0.05, 0.1) is 13.2 Å². The van der Waals surface area contributed by atoms with E-state index in [0.29, 0.717) is 0 Å². The van der Waals surface area contributed by atoms with Crippen LogP contribution in [-0.4, -0.2) is 41.5 Å². The number of likely N-dealkylation sites (tertiary alicyclic amines) is 1. The molecule has 1 fully saturated rings. The van der Waals surface area contributed by atoms with E-state index < -0.39 is 5.72 Å². The number of ether oxygens (including phenoxy) is 2. The first-order chi connectivity index (χ1) is 16.1. The zero-order chi connectivity index (χ0) is 22.4. The molecule has 170 valence electrons. The molecule has 33 heavy (non-hydrogen) atoms. The summed E-state index contributed by atoms with van der Waals surface area (Å²) in [5.74, 6) is 3.41. The van der Waals surface area contributed by atoms with Crippen LogP contribution in [0.1, 0.15) is 48.0 Å². The Morgan fingerprint density at radius 3 is 2.58 bits per heavy atom. The lowest BCUT2D eigenvalue weighted by Gasteiger charge is -2.51. The van der Waals surface area contributed by atoms with E-state index in [1.807, 2.05) is 31.2 Å². The zero-order valence-electron chi connectivity index (χ0n) is 19.2. The summed E-state index contributed by atoms with van der Waals surface area (Å²) in [4.78, 5) is 2.51. The topological polar surface area (TPSA) is 50.4 Å². The highest BCUT2D eigenvalue weighted by atomic mass is 16.5. The average molecular weight is 444 g/mol. The highest BCUT2D eigenvalue weighted by Gasteiger charge is 2.52. The molecule has 1 aromatic heterocycles. The van der Waals surface area contributed by atoms with Crippen molar-refractivity contribution in [2.75, 3.05) is 20.2 Å². The highest BCUT2D eigenvalue weighted by molar-refractivity contribution is 5.99. The largest absolute Gasteiger partial charge is 0.493 e. The van der Waals surface area contributed by atoms with E-state index in [1.165, 1.54) is 5.56 Å². The number of methoxy groups -OCH3 is 1. The van der Waals surface area contributed by atoms with E-state index in [9.17, 15) is 0 Å². The second kappa shape index (κ2) is 7.96. The summed E-state index contributed by atoms with van der Waals surface area (Å²) >= 11 is 0. The van der Waals surface area contributed by atoms with Gasteiger partial charge in [-0.15, -0.1) is 0 Å². The Hall–Kier alpha value is -3.25. The number of benzene rings is 2. The van der Waals surface area contributed by atoms with E-state index in [1.54, 1.807) is 7.11 Å². The summed E-state index contributed by atoms with van der Waals surface area (Å²) in [5.41, 5.74) is 2.98. The molecule has 0 saturated carbocycles. The molecule has 0 amide bonds. The molecule has 3 aromatic rings. The van der Waals surface area contributed by atoms with Gasteiger partial charge in [-0.2, -0.15) is 5.10 Å². The van der Waals surface area contributed by atoms with Crippen molar-refractivity contribution in [3.63, 3.8) is 0 Å². The van der Waals surface area contributed by atoms with Crippen molar-refractivity contribution in [3.8, 4) is 11.5 Å². The second-order valence-electron chi connectivity index (χ2n) is 9.21. The molecule has 0 bridgehead atoms. The molecule has 0 N–H and O–H groups in total. The van der Waals surface area contributed by atoms with E-state index in [4.69, 9.17) is 19.0 Å². The fraction of sp³-hybridized carbons (Fsp3) is 0.370. The van der Waals surface area contributed by atoms with Gasteiger partial charge in [-0.05, 0) is 30.7 Å². The van der Waals surface area contributed by atoms with Crippen LogP contribution in [0.3, 0.4) is 0 Å². The van der Waals surface area contributed by atoms with Gasteiger partial charge in [0.2, 0.25) is 5.72 Å². The van der Waals surface area contributed by atoms with Crippen molar-refractivity contribution in [2.24, 2.45) is 5.10 Å². The Balaban J connectivity index is 1.33. The second-order valence-corrected chi connectivity index (χ2v) is 9.21. The molecule has 0 radical (unpaired) electrons. The zero-order valence-corrected chi connectivity index (χ0v) is 19.2. The van der Waals surface area contributed by atoms with Crippen molar-refractivity contribution in [2.45, 2.75) is 44.5 Å². The number of aryl methyl sites for hydroxylation is 1. The Bertz CT molecular complexity index is 1180. The van der Waals surface area contributed by atoms with Crippen LogP contribution in [-0.2, 0) is 6.54 Å². The maximum atomic E-state index is 6.82. The number of para-hydroxylation sites is 1. The third-order valence-electron chi connectivity index (χ3n) is 7.12. The molecule has 1 saturated heterocycles. The van der Waals surface area contributed by atoms with Gasteiger partial charge < -0.3 is 13.9 Å². The summed E-state index contributed by atoms with van der Waals surface area (Å²) in [6, 6.07) is 21.0. The minimum atomic E-state index is -0.483. The molecular formula is C27H29N3O3. The lowest BCUT2D eigenvalue weighted by molar-refractivity contribution is -0.151. The van der Waals surface area contributed by atoms with Crippen LogP contribution < -0.4 is 9.47 Å². The van der Waals surface area contributed by atoms with Crippen molar-refractivity contribution in [3.05, 3.63) is 83.3 Å². The number of hydrogen-bond acceptors (Lipinski definition) is 6. The van der Waals surface area contributed by atoms with Gasteiger partial charge in [0, 0.05) is 44.5 Å². The molecule has 0 aliphatic carbocycles. The molecule has 1 unspecified atom stereocenters. The first-order valence-electron chi connectivity index (χ1n) is 11.7. The van der Waals surface area contributed by atoms with Crippen molar-refractivity contribution in [1.29, 1.82) is 0 Å². The van der Waals surface area contributed by atoms with Crippen molar-refractivity contribution >= 4 is 5.71 Å². The summed E-state index contributed by atoms with van der Waals surface area (Å²) < 4.78 is 18.5. The maximum absolute atomic E-state index is 6.82. The summed E-state index contributed by atoms with van der Waals surface area (Å²) in [5, 5.41) is 7.33. The number of hydrazone groups is 1. The molecule has 3 aliphatic rings. The summed E-state index contributed by atoms with van der Waals surface area (Å²) in [6.45, 7) is 4.83. The first kappa shape index (κ1) is 20.4. The normalized spacial score (nSPS) is 21.3. The SMILES string of the molecule is COc1cccc2c1OC1(CCN(Cc3ccccc3)CC1)N1N=C(c3ccc(C)o3)CC21. The van der Waals surface area contributed by atoms with Gasteiger partial charge in [0.1, 0.15) is 17.2 Å². The Morgan fingerprint density at radius 2 is 1.85 bits per heavy atom. The third-order valence-corrected chi connectivity index (χ3v) is 7.12. The highest BCUT2D eigenvalue weighted by Crippen LogP contribution is 2.52. The first-order valence-corrected chi connectivity index (χ1v) is 11.7. The van der Waals surface area contributed by atoms with Gasteiger partial charge in [-0.3, -0.25) is 4.90 Å². The quantitative estimate of drug-likeness (QED) is 0.559. The summed E-state index contributed by atoms with van der Waals surface area (Å²) in [6.07, 6.45) is 2.55. The van der Waals surface area contributed by atoms with E-state index in [0.717, 1.165) is 73.2 Å². The molecule has 6 heteroatoms. The predicted molar refractivity (Wildman–Crippen MR) is 126 cm³/mol.